The first-order valence-corrected chi connectivity index (χ1v) is 5.56. The van der Waals surface area contributed by atoms with E-state index in [-0.39, 0.29) is 0 Å². The van der Waals surface area contributed by atoms with Crippen molar-refractivity contribution in [3.05, 3.63) is 35.4 Å². The van der Waals surface area contributed by atoms with Gasteiger partial charge in [0.15, 0.2) is 0 Å². The van der Waals surface area contributed by atoms with Crippen molar-refractivity contribution < 1.29 is 13.2 Å². The van der Waals surface area contributed by atoms with Gasteiger partial charge in [0.1, 0.15) is 0 Å². The molecule has 2 nitrogen and oxygen atoms in total. The van der Waals surface area contributed by atoms with Gasteiger partial charge in [-0.25, -0.2) is 0 Å². The summed E-state index contributed by atoms with van der Waals surface area (Å²) >= 11 is 0. The summed E-state index contributed by atoms with van der Waals surface area (Å²) < 4.78 is 37.0. The quantitative estimate of drug-likeness (QED) is 0.864. The van der Waals surface area contributed by atoms with Gasteiger partial charge in [-0.1, -0.05) is 19.1 Å². The minimum Gasteiger partial charge on any atom is -0.329 e. The fraction of sp³-hybridized carbons (Fsp3) is 0.500. The first kappa shape index (κ1) is 14.0. The third kappa shape index (κ3) is 4.36. The van der Waals surface area contributed by atoms with Crippen LogP contribution >= 0.6 is 0 Å². The highest BCUT2D eigenvalue weighted by Crippen LogP contribution is 2.29. The first-order valence-electron chi connectivity index (χ1n) is 5.56. The van der Waals surface area contributed by atoms with Gasteiger partial charge in [0, 0.05) is 19.6 Å². The van der Waals surface area contributed by atoms with Crippen LogP contribution in [-0.2, 0) is 12.7 Å². The Labute approximate surface area is 99.2 Å². The van der Waals surface area contributed by atoms with Crippen LogP contribution in [0.4, 0.5) is 13.2 Å². The lowest BCUT2D eigenvalue weighted by molar-refractivity contribution is -0.137. The van der Waals surface area contributed by atoms with Crippen molar-refractivity contribution in [3.63, 3.8) is 0 Å². The molecule has 0 aliphatic carbocycles. The van der Waals surface area contributed by atoms with Crippen LogP contribution < -0.4 is 5.73 Å². The summed E-state index contributed by atoms with van der Waals surface area (Å²) in [5, 5.41) is 0. The number of alkyl halides is 3. The molecule has 0 saturated heterocycles. The molecule has 1 rings (SSSR count). The molecule has 0 aliphatic heterocycles. The van der Waals surface area contributed by atoms with Crippen molar-refractivity contribution in [2.24, 2.45) is 5.73 Å². The largest absolute Gasteiger partial charge is 0.416 e. The number of hydrogen-bond donors (Lipinski definition) is 1. The lowest BCUT2D eigenvalue weighted by atomic mass is 10.1. The maximum atomic E-state index is 12.3. The van der Waals surface area contributed by atoms with Crippen molar-refractivity contribution in [2.45, 2.75) is 19.6 Å². The van der Waals surface area contributed by atoms with Crippen LogP contribution in [0, 0.1) is 0 Å². The summed E-state index contributed by atoms with van der Waals surface area (Å²) in [5.41, 5.74) is 5.71. The lowest BCUT2D eigenvalue weighted by Crippen LogP contribution is -2.28. The van der Waals surface area contributed by atoms with Crippen LogP contribution in [0.5, 0.6) is 0 Å². The second kappa shape index (κ2) is 6.02. The number of hydrogen-bond acceptors (Lipinski definition) is 2. The predicted octanol–water partition coefficient (Wildman–Crippen LogP) is 2.49. The van der Waals surface area contributed by atoms with E-state index in [0.29, 0.717) is 13.1 Å². The minimum atomic E-state index is -4.26. The average molecular weight is 246 g/mol. The zero-order chi connectivity index (χ0) is 12.9. The third-order valence-corrected chi connectivity index (χ3v) is 2.58. The number of rotatable bonds is 5. The summed E-state index contributed by atoms with van der Waals surface area (Å²) in [6.07, 6.45) is -4.26. The summed E-state index contributed by atoms with van der Waals surface area (Å²) in [6, 6.07) is 5.27. The summed E-state index contributed by atoms with van der Waals surface area (Å²) in [5.74, 6) is 0. The normalized spacial score (nSPS) is 12.1. The van der Waals surface area contributed by atoms with E-state index >= 15 is 0 Å². The molecule has 0 spiro atoms. The van der Waals surface area contributed by atoms with E-state index in [2.05, 4.69) is 4.90 Å². The van der Waals surface area contributed by atoms with E-state index in [0.717, 1.165) is 30.8 Å². The molecule has 0 heterocycles. The van der Waals surface area contributed by atoms with E-state index in [4.69, 9.17) is 5.73 Å². The van der Waals surface area contributed by atoms with Crippen molar-refractivity contribution >= 4 is 0 Å². The van der Waals surface area contributed by atoms with Crippen molar-refractivity contribution in [3.8, 4) is 0 Å². The van der Waals surface area contributed by atoms with Gasteiger partial charge in [-0.05, 0) is 24.2 Å². The smallest absolute Gasteiger partial charge is 0.329 e. The van der Waals surface area contributed by atoms with Crippen molar-refractivity contribution in [2.75, 3.05) is 19.6 Å². The van der Waals surface area contributed by atoms with E-state index in [1.54, 1.807) is 0 Å². The van der Waals surface area contributed by atoms with Crippen LogP contribution in [0.2, 0.25) is 0 Å². The number of likely N-dealkylation sites (N-methyl/N-ethyl adjacent to an activating group) is 1. The number of nitrogens with zero attached hydrogens (tertiary/aromatic N) is 1. The predicted molar refractivity (Wildman–Crippen MR) is 61.4 cm³/mol. The molecule has 0 bridgehead atoms. The van der Waals surface area contributed by atoms with Crippen molar-refractivity contribution in [1.82, 2.24) is 4.90 Å². The summed E-state index contributed by atoms with van der Waals surface area (Å²) in [4.78, 5) is 2.09. The highest BCUT2D eigenvalue weighted by atomic mass is 19.4. The van der Waals surface area contributed by atoms with Gasteiger partial charge >= 0.3 is 6.18 Å². The summed E-state index contributed by atoms with van der Waals surface area (Å²) in [6.45, 7) is 4.76. The maximum absolute atomic E-state index is 12.3. The minimum absolute atomic E-state index is 0.550. The SMILES string of the molecule is CCN(CCN)Cc1ccc(C(F)(F)F)cc1. The molecule has 0 aromatic heterocycles. The van der Waals surface area contributed by atoms with Gasteiger partial charge in [0.05, 0.1) is 5.56 Å². The Hall–Kier alpha value is -1.07. The van der Waals surface area contributed by atoms with E-state index in [9.17, 15) is 13.2 Å². The van der Waals surface area contributed by atoms with Crippen molar-refractivity contribution in [1.29, 1.82) is 0 Å². The third-order valence-electron chi connectivity index (χ3n) is 2.58. The van der Waals surface area contributed by atoms with Gasteiger partial charge in [-0.2, -0.15) is 13.2 Å². The molecule has 0 atom stereocenters. The molecule has 0 amide bonds. The second-order valence-corrected chi connectivity index (χ2v) is 3.85. The van der Waals surface area contributed by atoms with Gasteiger partial charge in [0.25, 0.3) is 0 Å². The number of nitrogens with two attached hydrogens (primary N) is 1. The van der Waals surface area contributed by atoms with Gasteiger partial charge in [0.2, 0.25) is 0 Å². The average Bonchev–Trinajstić information content (AvgIpc) is 2.28. The van der Waals surface area contributed by atoms with Crippen LogP contribution in [-0.4, -0.2) is 24.5 Å². The second-order valence-electron chi connectivity index (χ2n) is 3.85. The molecule has 17 heavy (non-hydrogen) atoms. The zero-order valence-electron chi connectivity index (χ0n) is 9.80. The van der Waals surface area contributed by atoms with E-state index < -0.39 is 11.7 Å². The molecule has 1 aromatic rings. The van der Waals surface area contributed by atoms with E-state index in [1.807, 2.05) is 6.92 Å². The van der Waals surface area contributed by atoms with Gasteiger partial charge in [-0.3, -0.25) is 4.90 Å². The monoisotopic (exact) mass is 246 g/mol. The van der Waals surface area contributed by atoms with Crippen LogP contribution in [0.1, 0.15) is 18.1 Å². The molecule has 0 fully saturated rings. The first-order chi connectivity index (χ1) is 7.97. The Kier molecular flexibility index (Phi) is 4.96. The van der Waals surface area contributed by atoms with Crippen LogP contribution in [0.25, 0.3) is 0 Å². The maximum Gasteiger partial charge on any atom is 0.416 e. The lowest BCUT2D eigenvalue weighted by Gasteiger charge is -2.19. The molecule has 0 aliphatic rings. The Morgan fingerprint density at radius 2 is 1.76 bits per heavy atom. The van der Waals surface area contributed by atoms with Gasteiger partial charge in [-0.15, -0.1) is 0 Å². The Morgan fingerprint density at radius 3 is 2.18 bits per heavy atom. The molecular formula is C12H17F3N2. The molecule has 0 radical (unpaired) electrons. The Bertz CT molecular complexity index is 333. The van der Waals surface area contributed by atoms with Crippen LogP contribution in [0.3, 0.4) is 0 Å². The molecule has 0 unspecified atom stereocenters. The number of halogens is 3. The fourth-order valence-electron chi connectivity index (χ4n) is 1.59. The number of benzene rings is 1. The topological polar surface area (TPSA) is 29.3 Å². The highest BCUT2D eigenvalue weighted by molar-refractivity contribution is 5.24. The standard InChI is InChI=1S/C12H17F3N2/c1-2-17(8-7-16)9-10-3-5-11(6-4-10)12(13,14)15/h3-6H,2,7-9,16H2,1H3. The summed E-state index contributed by atoms with van der Waals surface area (Å²) in [7, 11) is 0. The molecule has 1 aromatic carbocycles. The van der Waals surface area contributed by atoms with Crippen LogP contribution in [0.15, 0.2) is 24.3 Å². The van der Waals surface area contributed by atoms with Gasteiger partial charge < -0.3 is 5.73 Å². The Morgan fingerprint density at radius 1 is 1.18 bits per heavy atom. The molecular weight excluding hydrogens is 229 g/mol. The highest BCUT2D eigenvalue weighted by Gasteiger charge is 2.29. The fourth-order valence-corrected chi connectivity index (χ4v) is 1.59. The molecule has 2 N–H and O–H groups in total. The Balaban J connectivity index is 2.68. The zero-order valence-corrected chi connectivity index (χ0v) is 9.80. The molecule has 0 saturated carbocycles. The van der Waals surface area contributed by atoms with E-state index in [1.165, 1.54) is 12.1 Å². The molecule has 5 heteroatoms. The molecule has 96 valence electrons.